The van der Waals surface area contributed by atoms with E-state index in [0.717, 1.165) is 36.5 Å². The fraction of sp³-hybridized carbons (Fsp3) is 0.280. The lowest BCUT2D eigenvalue weighted by atomic mass is 9.89. The maximum Gasteiger partial charge on any atom is 0.328 e. The second kappa shape index (κ2) is 9.21. The molecule has 170 valence electrons. The van der Waals surface area contributed by atoms with E-state index >= 15 is 0 Å². The van der Waals surface area contributed by atoms with E-state index in [0.29, 0.717) is 40.8 Å². The molecule has 0 unspecified atom stereocenters. The highest BCUT2D eigenvalue weighted by molar-refractivity contribution is 6.33. The van der Waals surface area contributed by atoms with Crippen LogP contribution in [0.4, 0.5) is 0 Å². The largest absolute Gasteiger partial charge is 0.349 e. The third-order valence-corrected chi connectivity index (χ3v) is 7.17. The molecule has 0 spiro atoms. The van der Waals surface area contributed by atoms with Crippen LogP contribution in [0.3, 0.4) is 0 Å². The molecular weight excluding hydrogens is 459 g/mol. The molecule has 0 radical (unpaired) electrons. The number of benzene rings is 2. The van der Waals surface area contributed by atoms with E-state index in [1.54, 1.807) is 12.1 Å². The molecule has 0 aliphatic carbocycles. The average Bonchev–Trinajstić information content (AvgIpc) is 3.24. The van der Waals surface area contributed by atoms with Gasteiger partial charge in [-0.25, -0.2) is 4.79 Å². The lowest BCUT2D eigenvalue weighted by Crippen LogP contribution is -2.41. The number of piperidine rings is 1. The maximum atomic E-state index is 13.1. The van der Waals surface area contributed by atoms with Crippen molar-refractivity contribution in [2.24, 2.45) is 0 Å². The molecule has 1 saturated heterocycles. The van der Waals surface area contributed by atoms with Gasteiger partial charge in [0.25, 0.3) is 5.56 Å². The van der Waals surface area contributed by atoms with Crippen molar-refractivity contribution in [3.63, 3.8) is 0 Å². The minimum absolute atomic E-state index is 0.321. The third kappa shape index (κ3) is 4.38. The molecular formula is C25H24Cl2N4O2. The van der Waals surface area contributed by atoms with Crippen LogP contribution in [-0.4, -0.2) is 39.1 Å². The highest BCUT2D eigenvalue weighted by Gasteiger charge is 2.22. The smallest absolute Gasteiger partial charge is 0.328 e. The highest BCUT2D eigenvalue weighted by Crippen LogP contribution is 2.32. The number of nitrogens with one attached hydrogen (secondary N) is 2. The molecule has 4 aromatic rings. The summed E-state index contributed by atoms with van der Waals surface area (Å²) in [5.74, 6) is 0.444. The van der Waals surface area contributed by atoms with Crippen molar-refractivity contribution in [3.05, 3.63) is 91.0 Å². The first kappa shape index (κ1) is 22.0. The zero-order chi connectivity index (χ0) is 22.9. The van der Waals surface area contributed by atoms with E-state index < -0.39 is 5.69 Å². The fourth-order valence-electron chi connectivity index (χ4n) is 4.67. The minimum Gasteiger partial charge on any atom is -0.349 e. The first-order chi connectivity index (χ1) is 16.0. The van der Waals surface area contributed by atoms with Gasteiger partial charge in [-0.3, -0.25) is 9.36 Å². The van der Waals surface area contributed by atoms with Gasteiger partial charge in [-0.15, -0.1) is 0 Å². The molecule has 2 N–H and O–H groups in total. The summed E-state index contributed by atoms with van der Waals surface area (Å²) in [6.07, 6.45) is 2.01. The Morgan fingerprint density at radius 1 is 0.879 bits per heavy atom. The molecule has 2 aromatic heterocycles. The molecule has 0 saturated carbocycles. The van der Waals surface area contributed by atoms with E-state index in [9.17, 15) is 9.59 Å². The maximum absolute atomic E-state index is 13.1. The standard InChI is InChI=1S/C25H24Cl2N4O2/c26-19-7-3-1-5-17(19)16-9-11-30(12-10-16)13-14-31-24(32)23-22(29-25(31)33)15-21(28-23)18-6-2-4-8-20(18)27/h1-8,15-16,28H,9-14H2,(H,29,33). The van der Waals surface area contributed by atoms with Gasteiger partial charge >= 0.3 is 5.69 Å². The first-order valence-electron chi connectivity index (χ1n) is 11.1. The van der Waals surface area contributed by atoms with Crippen LogP contribution in [0, 0.1) is 0 Å². The second-order valence-electron chi connectivity index (χ2n) is 8.48. The third-order valence-electron chi connectivity index (χ3n) is 6.50. The van der Waals surface area contributed by atoms with Crippen LogP contribution in [0.1, 0.15) is 24.3 Å². The summed E-state index contributed by atoms with van der Waals surface area (Å²) < 4.78 is 1.27. The van der Waals surface area contributed by atoms with Gasteiger partial charge in [0.2, 0.25) is 0 Å². The minimum atomic E-state index is -0.400. The highest BCUT2D eigenvalue weighted by atomic mass is 35.5. The van der Waals surface area contributed by atoms with Gasteiger partial charge in [-0.1, -0.05) is 59.6 Å². The summed E-state index contributed by atoms with van der Waals surface area (Å²) >= 11 is 12.7. The molecule has 0 amide bonds. The van der Waals surface area contributed by atoms with Gasteiger partial charge in [-0.2, -0.15) is 0 Å². The SMILES string of the molecule is O=c1[nH]c2cc(-c3ccccc3Cl)[nH]c2c(=O)n1CCN1CCC(c2ccccc2Cl)CC1. The summed E-state index contributed by atoms with van der Waals surface area (Å²) in [6, 6.07) is 17.2. The molecule has 0 atom stereocenters. The number of hydrogen-bond acceptors (Lipinski definition) is 3. The van der Waals surface area contributed by atoms with Gasteiger partial charge in [0.05, 0.1) is 5.52 Å². The Labute approximate surface area is 200 Å². The number of rotatable bonds is 5. The van der Waals surface area contributed by atoms with Gasteiger partial charge in [0, 0.05) is 34.4 Å². The van der Waals surface area contributed by atoms with Crippen LogP contribution >= 0.6 is 23.2 Å². The lowest BCUT2D eigenvalue weighted by Gasteiger charge is -2.32. The summed E-state index contributed by atoms with van der Waals surface area (Å²) in [6.45, 7) is 2.79. The first-order valence-corrected chi connectivity index (χ1v) is 11.8. The van der Waals surface area contributed by atoms with Crippen molar-refractivity contribution >= 4 is 34.2 Å². The average molecular weight is 483 g/mol. The number of halogens is 2. The van der Waals surface area contributed by atoms with Crippen molar-refractivity contribution in [2.45, 2.75) is 25.3 Å². The van der Waals surface area contributed by atoms with E-state index in [4.69, 9.17) is 23.2 Å². The van der Waals surface area contributed by atoms with Crippen LogP contribution < -0.4 is 11.2 Å². The van der Waals surface area contributed by atoms with E-state index in [1.165, 1.54) is 10.1 Å². The number of aromatic amines is 2. The zero-order valence-electron chi connectivity index (χ0n) is 18.0. The van der Waals surface area contributed by atoms with Crippen molar-refractivity contribution in [1.29, 1.82) is 0 Å². The Hall–Kier alpha value is -2.80. The molecule has 5 rings (SSSR count). The summed E-state index contributed by atoms with van der Waals surface area (Å²) in [7, 11) is 0. The lowest BCUT2D eigenvalue weighted by molar-refractivity contribution is 0.204. The van der Waals surface area contributed by atoms with Crippen LogP contribution in [0.2, 0.25) is 10.0 Å². The summed E-state index contributed by atoms with van der Waals surface area (Å²) in [5.41, 5.74) is 2.82. The Bertz CT molecular complexity index is 1410. The number of fused-ring (bicyclic) bond motifs is 1. The zero-order valence-corrected chi connectivity index (χ0v) is 19.5. The Morgan fingerprint density at radius 2 is 1.58 bits per heavy atom. The molecule has 33 heavy (non-hydrogen) atoms. The number of likely N-dealkylation sites (tertiary alicyclic amines) is 1. The van der Waals surface area contributed by atoms with Gasteiger partial charge in [0.15, 0.2) is 0 Å². The Morgan fingerprint density at radius 3 is 2.30 bits per heavy atom. The van der Waals surface area contributed by atoms with Gasteiger partial charge in [0.1, 0.15) is 5.52 Å². The van der Waals surface area contributed by atoms with Crippen molar-refractivity contribution in [3.8, 4) is 11.3 Å². The second-order valence-corrected chi connectivity index (χ2v) is 9.29. The normalized spacial score (nSPS) is 15.3. The van der Waals surface area contributed by atoms with Crippen molar-refractivity contribution in [2.75, 3.05) is 19.6 Å². The Kier molecular flexibility index (Phi) is 6.15. The van der Waals surface area contributed by atoms with Crippen LogP contribution in [-0.2, 0) is 6.54 Å². The monoisotopic (exact) mass is 482 g/mol. The molecule has 3 heterocycles. The van der Waals surface area contributed by atoms with Crippen LogP contribution in [0.5, 0.6) is 0 Å². The molecule has 2 aromatic carbocycles. The van der Waals surface area contributed by atoms with E-state index in [2.05, 4.69) is 20.9 Å². The topological polar surface area (TPSA) is 73.9 Å². The summed E-state index contributed by atoms with van der Waals surface area (Å²) in [4.78, 5) is 34.0. The van der Waals surface area contributed by atoms with Gasteiger partial charge in [-0.05, 0) is 55.6 Å². The Balaban J connectivity index is 1.31. The van der Waals surface area contributed by atoms with Crippen molar-refractivity contribution in [1.82, 2.24) is 19.4 Å². The van der Waals surface area contributed by atoms with E-state index in [-0.39, 0.29) is 5.56 Å². The number of nitrogens with zero attached hydrogens (tertiary/aromatic N) is 2. The predicted octanol–water partition coefficient (Wildman–Crippen LogP) is 4.87. The quantitative estimate of drug-likeness (QED) is 0.426. The molecule has 1 fully saturated rings. The molecule has 1 aliphatic rings. The summed E-state index contributed by atoms with van der Waals surface area (Å²) in [5, 5.41) is 1.40. The van der Waals surface area contributed by atoms with Crippen LogP contribution in [0.15, 0.2) is 64.2 Å². The predicted molar refractivity (Wildman–Crippen MR) is 133 cm³/mol. The molecule has 0 bridgehead atoms. The van der Waals surface area contributed by atoms with E-state index in [1.807, 2.05) is 36.4 Å². The van der Waals surface area contributed by atoms with Crippen molar-refractivity contribution < 1.29 is 0 Å². The van der Waals surface area contributed by atoms with Crippen LogP contribution in [0.25, 0.3) is 22.3 Å². The number of hydrogen-bond donors (Lipinski definition) is 2. The molecule has 1 aliphatic heterocycles. The number of H-pyrrole nitrogens is 2. The fourth-order valence-corrected chi connectivity index (χ4v) is 5.20. The molecule has 6 nitrogen and oxygen atoms in total. The molecule has 8 heteroatoms. The number of aromatic nitrogens is 3. The van der Waals surface area contributed by atoms with Gasteiger partial charge < -0.3 is 14.9 Å².